The molecule has 1 amide bonds. The van der Waals surface area contributed by atoms with Crippen LogP contribution in [-0.2, 0) is 4.79 Å². The number of carbonyl (C=O) groups excluding carboxylic acids is 1. The van der Waals surface area contributed by atoms with Crippen molar-refractivity contribution < 1.29 is 4.79 Å². The Bertz CT molecular complexity index is 406. The van der Waals surface area contributed by atoms with Crippen LogP contribution in [0, 0.1) is 19.8 Å². The smallest absolute Gasteiger partial charge is 0.241 e. The fraction of sp³-hybridized carbons (Fsp3) is 0.462. The van der Waals surface area contributed by atoms with Crippen molar-refractivity contribution in [2.45, 2.75) is 33.7 Å². The van der Waals surface area contributed by atoms with Crippen LogP contribution in [0.15, 0.2) is 16.6 Å². The molecule has 0 bridgehead atoms. The average molecular weight is 299 g/mol. The van der Waals surface area contributed by atoms with Gasteiger partial charge in [-0.25, -0.2) is 0 Å². The lowest BCUT2D eigenvalue weighted by atomic mass is 10.0. The molecule has 0 aliphatic rings. The molecule has 1 rings (SSSR count). The van der Waals surface area contributed by atoms with Crippen LogP contribution in [0.3, 0.4) is 0 Å². The molecule has 4 heteroatoms. The molecule has 0 aliphatic heterocycles. The molecule has 0 saturated heterocycles. The van der Waals surface area contributed by atoms with Crippen LogP contribution >= 0.6 is 15.9 Å². The first kappa shape index (κ1) is 14.2. The van der Waals surface area contributed by atoms with E-state index in [0.717, 1.165) is 21.3 Å². The molecule has 0 spiro atoms. The van der Waals surface area contributed by atoms with Crippen LogP contribution in [0.25, 0.3) is 0 Å². The van der Waals surface area contributed by atoms with E-state index in [4.69, 9.17) is 5.73 Å². The largest absolute Gasteiger partial charge is 0.325 e. The van der Waals surface area contributed by atoms with Crippen molar-refractivity contribution in [3.05, 3.63) is 27.7 Å². The van der Waals surface area contributed by atoms with E-state index in [2.05, 4.69) is 21.2 Å². The molecule has 0 radical (unpaired) electrons. The van der Waals surface area contributed by atoms with E-state index < -0.39 is 6.04 Å². The Morgan fingerprint density at radius 2 is 1.76 bits per heavy atom. The standard InChI is InChI=1S/C13H19BrN2O/c1-7(2)12(15)13(17)16-10-5-8(3)11(14)9(4)6-10/h5-7,12H,15H2,1-4H3,(H,16,17)/t12-/m1/s1. The Morgan fingerprint density at radius 3 is 2.18 bits per heavy atom. The second-order valence-electron chi connectivity index (χ2n) is 4.68. The SMILES string of the molecule is Cc1cc(NC(=O)[C@H](N)C(C)C)cc(C)c1Br. The Balaban J connectivity index is 2.86. The molecule has 1 atom stereocenters. The normalized spacial score (nSPS) is 12.6. The molecule has 94 valence electrons. The zero-order valence-electron chi connectivity index (χ0n) is 10.7. The maximum atomic E-state index is 11.8. The fourth-order valence-corrected chi connectivity index (χ4v) is 1.78. The maximum Gasteiger partial charge on any atom is 0.241 e. The number of anilines is 1. The summed E-state index contributed by atoms with van der Waals surface area (Å²) < 4.78 is 1.07. The number of hydrogen-bond acceptors (Lipinski definition) is 2. The summed E-state index contributed by atoms with van der Waals surface area (Å²) in [5, 5.41) is 2.85. The summed E-state index contributed by atoms with van der Waals surface area (Å²) in [6.07, 6.45) is 0. The van der Waals surface area contributed by atoms with Gasteiger partial charge in [0.1, 0.15) is 0 Å². The van der Waals surface area contributed by atoms with Gasteiger partial charge in [0, 0.05) is 10.2 Å². The quantitative estimate of drug-likeness (QED) is 0.901. The zero-order valence-corrected chi connectivity index (χ0v) is 12.3. The molecule has 17 heavy (non-hydrogen) atoms. The molecule has 0 aromatic heterocycles. The van der Waals surface area contributed by atoms with E-state index in [9.17, 15) is 4.79 Å². The molecule has 3 nitrogen and oxygen atoms in total. The minimum Gasteiger partial charge on any atom is -0.325 e. The Morgan fingerprint density at radius 1 is 1.29 bits per heavy atom. The van der Waals surface area contributed by atoms with Crippen molar-refractivity contribution >= 4 is 27.5 Å². The number of nitrogens with two attached hydrogens (primary N) is 1. The minimum absolute atomic E-state index is 0.132. The first-order chi connectivity index (χ1) is 7.82. The van der Waals surface area contributed by atoms with Crippen LogP contribution in [-0.4, -0.2) is 11.9 Å². The highest BCUT2D eigenvalue weighted by Gasteiger charge is 2.17. The van der Waals surface area contributed by atoms with Crippen LogP contribution < -0.4 is 11.1 Å². The van der Waals surface area contributed by atoms with Gasteiger partial charge >= 0.3 is 0 Å². The third-order valence-corrected chi connectivity index (χ3v) is 3.98. The molecule has 0 saturated carbocycles. The number of rotatable bonds is 3. The lowest BCUT2D eigenvalue weighted by molar-refractivity contribution is -0.118. The second kappa shape index (κ2) is 5.65. The van der Waals surface area contributed by atoms with Gasteiger partial charge in [-0.2, -0.15) is 0 Å². The van der Waals surface area contributed by atoms with Gasteiger partial charge in [-0.3, -0.25) is 4.79 Å². The summed E-state index contributed by atoms with van der Waals surface area (Å²) in [5.74, 6) is -0.00577. The highest BCUT2D eigenvalue weighted by atomic mass is 79.9. The van der Waals surface area contributed by atoms with Crippen molar-refractivity contribution in [2.24, 2.45) is 11.7 Å². The fourth-order valence-electron chi connectivity index (χ4n) is 1.55. The number of aryl methyl sites for hydroxylation is 2. The predicted molar refractivity (Wildman–Crippen MR) is 75.1 cm³/mol. The summed E-state index contributed by atoms with van der Waals surface area (Å²) in [6, 6.07) is 3.39. The molecular formula is C13H19BrN2O. The number of carbonyl (C=O) groups is 1. The predicted octanol–water partition coefficient (Wildman–Crippen LogP) is 2.99. The molecular weight excluding hydrogens is 280 g/mol. The summed E-state index contributed by atoms with van der Waals surface area (Å²) in [7, 11) is 0. The zero-order chi connectivity index (χ0) is 13.2. The van der Waals surface area contributed by atoms with Crippen molar-refractivity contribution in [1.29, 1.82) is 0 Å². The van der Waals surface area contributed by atoms with Gasteiger partial charge in [0.25, 0.3) is 0 Å². The van der Waals surface area contributed by atoms with Crippen LogP contribution in [0.5, 0.6) is 0 Å². The minimum atomic E-state index is -0.473. The maximum absolute atomic E-state index is 11.8. The summed E-state index contributed by atoms with van der Waals surface area (Å²) in [6.45, 7) is 7.86. The van der Waals surface area contributed by atoms with E-state index in [-0.39, 0.29) is 11.8 Å². The Hall–Kier alpha value is -0.870. The van der Waals surface area contributed by atoms with Gasteiger partial charge < -0.3 is 11.1 Å². The first-order valence-electron chi connectivity index (χ1n) is 5.66. The molecule has 0 heterocycles. The molecule has 3 N–H and O–H groups in total. The van der Waals surface area contributed by atoms with Crippen LogP contribution in [0.4, 0.5) is 5.69 Å². The number of halogens is 1. The monoisotopic (exact) mass is 298 g/mol. The first-order valence-corrected chi connectivity index (χ1v) is 6.45. The summed E-state index contributed by atoms with van der Waals surface area (Å²) >= 11 is 3.49. The Labute approximate surface area is 111 Å². The van der Waals surface area contributed by atoms with Gasteiger partial charge in [-0.1, -0.05) is 29.8 Å². The van der Waals surface area contributed by atoms with Gasteiger partial charge in [-0.05, 0) is 43.0 Å². The van der Waals surface area contributed by atoms with E-state index in [1.165, 1.54) is 0 Å². The third-order valence-electron chi connectivity index (χ3n) is 2.72. The lowest BCUT2D eigenvalue weighted by Gasteiger charge is -2.16. The van der Waals surface area contributed by atoms with Crippen molar-refractivity contribution in [3.8, 4) is 0 Å². The lowest BCUT2D eigenvalue weighted by Crippen LogP contribution is -2.39. The molecule has 1 aromatic rings. The average Bonchev–Trinajstić information content (AvgIpc) is 2.24. The van der Waals surface area contributed by atoms with Gasteiger partial charge in [0.05, 0.1) is 6.04 Å². The van der Waals surface area contributed by atoms with E-state index >= 15 is 0 Å². The molecule has 0 unspecified atom stereocenters. The third kappa shape index (κ3) is 3.54. The van der Waals surface area contributed by atoms with E-state index in [1.54, 1.807) is 0 Å². The number of hydrogen-bond donors (Lipinski definition) is 2. The summed E-state index contributed by atoms with van der Waals surface area (Å²) in [5.41, 5.74) is 8.78. The number of nitrogens with one attached hydrogen (secondary N) is 1. The van der Waals surface area contributed by atoms with Gasteiger partial charge in [-0.15, -0.1) is 0 Å². The van der Waals surface area contributed by atoms with Crippen molar-refractivity contribution in [3.63, 3.8) is 0 Å². The highest BCUT2D eigenvalue weighted by Crippen LogP contribution is 2.25. The molecule has 0 fully saturated rings. The van der Waals surface area contributed by atoms with E-state index in [0.29, 0.717) is 0 Å². The Kier molecular flexibility index (Phi) is 4.71. The van der Waals surface area contributed by atoms with Crippen molar-refractivity contribution in [2.75, 3.05) is 5.32 Å². The molecule has 1 aromatic carbocycles. The van der Waals surface area contributed by atoms with Gasteiger partial charge in [0.2, 0.25) is 5.91 Å². The van der Waals surface area contributed by atoms with Crippen molar-refractivity contribution in [1.82, 2.24) is 0 Å². The highest BCUT2D eigenvalue weighted by molar-refractivity contribution is 9.10. The number of benzene rings is 1. The van der Waals surface area contributed by atoms with Crippen LogP contribution in [0.1, 0.15) is 25.0 Å². The molecule has 0 aliphatic carbocycles. The van der Waals surface area contributed by atoms with E-state index in [1.807, 2.05) is 39.8 Å². The summed E-state index contributed by atoms with van der Waals surface area (Å²) in [4.78, 5) is 11.8. The number of amides is 1. The second-order valence-corrected chi connectivity index (χ2v) is 5.48. The topological polar surface area (TPSA) is 55.1 Å². The van der Waals surface area contributed by atoms with Gasteiger partial charge in [0.15, 0.2) is 0 Å². The van der Waals surface area contributed by atoms with Crippen LogP contribution in [0.2, 0.25) is 0 Å².